The number of fused-ring (bicyclic) bond motifs is 6. The molecule has 2 atom stereocenters. The Kier molecular flexibility index (Phi) is 23.2. The van der Waals surface area contributed by atoms with Crippen LogP contribution in [0.4, 0.5) is 9.59 Å². The van der Waals surface area contributed by atoms with E-state index >= 15 is 0 Å². The summed E-state index contributed by atoms with van der Waals surface area (Å²) in [5.74, 6) is -3.23. The van der Waals surface area contributed by atoms with Gasteiger partial charge in [0.2, 0.25) is 17.7 Å². The molecule has 4 aromatic rings. The van der Waals surface area contributed by atoms with Crippen molar-refractivity contribution in [3.8, 4) is 22.3 Å². The number of rotatable bonds is 32. The minimum absolute atomic E-state index is 0.0231. The summed E-state index contributed by atoms with van der Waals surface area (Å²) in [5, 5.41) is 22.8. The number of amides is 5. The largest absolute Gasteiger partial charge is 0.480 e. The van der Waals surface area contributed by atoms with E-state index in [0.717, 1.165) is 44.5 Å². The Bertz CT molecular complexity index is 2530. The average molecular weight is 1070 g/mol. The van der Waals surface area contributed by atoms with Gasteiger partial charge >= 0.3 is 24.1 Å². The number of carbonyl (C=O) groups excluding carboxylic acids is 6. The summed E-state index contributed by atoms with van der Waals surface area (Å²) >= 11 is 0. The second kappa shape index (κ2) is 30.4. The number of aliphatic carboxylic acids is 1. The van der Waals surface area contributed by atoms with Crippen molar-refractivity contribution in [3.63, 3.8) is 0 Å². The van der Waals surface area contributed by atoms with Crippen LogP contribution >= 0.6 is 0 Å². The van der Waals surface area contributed by atoms with Gasteiger partial charge in [-0.2, -0.15) is 0 Å². The maximum Gasteiger partial charge on any atom is 0.407 e. The van der Waals surface area contributed by atoms with E-state index < -0.39 is 41.8 Å². The Hall–Kier alpha value is -7.39. The number of unbranched alkanes of at least 4 members (excludes halogenated alkanes) is 1. The fourth-order valence-corrected chi connectivity index (χ4v) is 8.91. The lowest BCUT2D eigenvalue weighted by molar-refractivity contribution is -0.157. The van der Waals surface area contributed by atoms with Crippen molar-refractivity contribution in [2.45, 2.75) is 82.4 Å². The lowest BCUT2D eigenvalue weighted by Gasteiger charge is -2.24. The molecule has 0 saturated carbocycles. The van der Waals surface area contributed by atoms with E-state index in [-0.39, 0.29) is 128 Å². The highest BCUT2D eigenvalue weighted by atomic mass is 16.6. The van der Waals surface area contributed by atoms with Crippen LogP contribution in [0.3, 0.4) is 0 Å². The number of carbonyl (C=O) groups is 7. The maximum absolute atomic E-state index is 13.1. The van der Waals surface area contributed by atoms with Gasteiger partial charge in [0.25, 0.3) is 0 Å². The summed E-state index contributed by atoms with van der Waals surface area (Å²) in [4.78, 5) is 87.5. The molecule has 6 N–H and O–H groups in total. The average Bonchev–Trinajstić information content (AvgIpc) is 3.91. The zero-order valence-corrected chi connectivity index (χ0v) is 43.9. The smallest absolute Gasteiger partial charge is 0.407 e. The van der Waals surface area contributed by atoms with Gasteiger partial charge in [0.1, 0.15) is 44.1 Å². The Labute approximate surface area is 448 Å². The Morgan fingerprint density at radius 2 is 0.896 bits per heavy atom. The zero-order chi connectivity index (χ0) is 55.0. The molecule has 2 aliphatic rings. The number of esters is 1. The summed E-state index contributed by atoms with van der Waals surface area (Å²) in [6, 6.07) is 29.5. The molecule has 4 aromatic carbocycles. The molecule has 6 rings (SSSR count). The molecule has 77 heavy (non-hydrogen) atoms. The summed E-state index contributed by atoms with van der Waals surface area (Å²) in [7, 11) is 0. The number of hydrogen-bond acceptors (Lipinski definition) is 14. The van der Waals surface area contributed by atoms with E-state index in [0.29, 0.717) is 19.4 Å². The number of carboxylic acids is 1. The van der Waals surface area contributed by atoms with E-state index in [4.69, 9.17) is 33.2 Å². The van der Waals surface area contributed by atoms with Crippen molar-refractivity contribution >= 4 is 41.8 Å². The van der Waals surface area contributed by atoms with Crippen LogP contribution in [-0.4, -0.2) is 150 Å². The third-order valence-electron chi connectivity index (χ3n) is 12.5. The first kappa shape index (κ1) is 58.9. The monoisotopic (exact) mass is 1070 g/mol. The quantitative estimate of drug-likeness (QED) is 0.0198. The minimum atomic E-state index is -1.18. The molecule has 0 aromatic heterocycles. The molecule has 0 radical (unpaired) electrons. The predicted molar refractivity (Wildman–Crippen MR) is 283 cm³/mol. The highest BCUT2D eigenvalue weighted by Gasteiger charge is 2.33. The molecule has 5 amide bonds. The van der Waals surface area contributed by atoms with Crippen LogP contribution in [0.15, 0.2) is 97.1 Å². The molecular formula is C57H71N5O15. The number of nitrogens with one attached hydrogen (secondary N) is 5. The highest BCUT2D eigenvalue weighted by Crippen LogP contribution is 2.45. The number of carboxylic acid groups (broad SMARTS) is 1. The van der Waals surface area contributed by atoms with Crippen molar-refractivity contribution in [1.82, 2.24) is 26.6 Å². The molecule has 20 nitrogen and oxygen atoms in total. The van der Waals surface area contributed by atoms with E-state index in [2.05, 4.69) is 26.6 Å². The number of ether oxygens (including phenoxy) is 7. The second-order valence-electron chi connectivity index (χ2n) is 19.3. The fraction of sp³-hybridized carbons (Fsp3) is 0.456. The first-order valence-electron chi connectivity index (χ1n) is 26.0. The topological polar surface area (TPSA) is 264 Å². The normalized spacial score (nSPS) is 13.2. The molecule has 0 aliphatic heterocycles. The first-order valence-corrected chi connectivity index (χ1v) is 26.0. The standard InChI is InChI=1S/C57H71N5O15/c1-57(2,3)77-54(68)49(62-56(70)76-35-47-44-20-10-6-16-40(44)41-17-7-11-21-45(41)47)23-24-50(63)59-26-28-71-30-33-74-37-52(65)60-27-29-72-31-32-73-36-51(64)58-25-13-12-22-48(53(66)67)61-55(69)75-34-46-42-18-8-4-14-38(42)39-15-5-9-19-43(39)46/h4-11,14-21,46-49H,12-13,22-37H2,1-3H3,(H,58,64)(H,59,63)(H,60,65)(H,61,69)(H,62,70)(H,66,67). The van der Waals surface area contributed by atoms with Crippen LogP contribution < -0.4 is 26.6 Å². The molecular weight excluding hydrogens is 995 g/mol. The molecule has 414 valence electrons. The van der Waals surface area contributed by atoms with Gasteiger partial charge in [-0.1, -0.05) is 97.1 Å². The van der Waals surface area contributed by atoms with E-state index in [1.807, 2.05) is 97.1 Å². The molecule has 20 heteroatoms. The summed E-state index contributed by atoms with van der Waals surface area (Å²) in [5.41, 5.74) is 7.74. The van der Waals surface area contributed by atoms with Crippen LogP contribution in [-0.2, 0) is 57.1 Å². The van der Waals surface area contributed by atoms with Gasteiger partial charge in [-0.15, -0.1) is 0 Å². The van der Waals surface area contributed by atoms with Gasteiger partial charge < -0.3 is 64.8 Å². The number of benzene rings is 4. The van der Waals surface area contributed by atoms with Crippen molar-refractivity contribution < 1.29 is 71.8 Å². The fourth-order valence-electron chi connectivity index (χ4n) is 8.91. The van der Waals surface area contributed by atoms with Gasteiger partial charge in [0, 0.05) is 37.9 Å². The van der Waals surface area contributed by atoms with E-state index in [1.165, 1.54) is 0 Å². The predicted octanol–water partition coefficient (Wildman–Crippen LogP) is 5.59. The third-order valence-corrected chi connectivity index (χ3v) is 12.5. The van der Waals surface area contributed by atoms with Crippen LogP contribution in [0, 0.1) is 0 Å². The Morgan fingerprint density at radius 3 is 1.34 bits per heavy atom. The van der Waals surface area contributed by atoms with E-state index in [1.54, 1.807) is 20.8 Å². The summed E-state index contributed by atoms with van der Waals surface area (Å²) in [6.07, 6.45) is -0.644. The van der Waals surface area contributed by atoms with E-state index in [9.17, 15) is 38.7 Å². The summed E-state index contributed by atoms with van der Waals surface area (Å²) < 4.78 is 38.3. The number of hydrogen-bond donors (Lipinski definition) is 6. The molecule has 2 unspecified atom stereocenters. The maximum atomic E-state index is 13.1. The lowest BCUT2D eigenvalue weighted by Crippen LogP contribution is -2.45. The van der Waals surface area contributed by atoms with Crippen LogP contribution in [0.25, 0.3) is 22.3 Å². The molecule has 0 spiro atoms. The van der Waals surface area contributed by atoms with Crippen molar-refractivity contribution in [2.24, 2.45) is 0 Å². The molecule has 0 heterocycles. The zero-order valence-electron chi connectivity index (χ0n) is 43.9. The minimum Gasteiger partial charge on any atom is -0.480 e. The Morgan fingerprint density at radius 1 is 0.494 bits per heavy atom. The van der Waals surface area contributed by atoms with Gasteiger partial charge in [-0.25, -0.2) is 19.2 Å². The highest BCUT2D eigenvalue weighted by molar-refractivity contribution is 5.84. The van der Waals surface area contributed by atoms with Crippen molar-refractivity contribution in [1.29, 1.82) is 0 Å². The first-order chi connectivity index (χ1) is 37.2. The van der Waals surface area contributed by atoms with Gasteiger partial charge in [0.15, 0.2) is 0 Å². The molecule has 0 fully saturated rings. The molecule has 0 saturated heterocycles. The van der Waals surface area contributed by atoms with Crippen LogP contribution in [0.2, 0.25) is 0 Å². The third kappa shape index (κ3) is 19.0. The SMILES string of the molecule is CC(C)(C)OC(=O)C(CCC(=O)NCCOCCOCC(=O)NCCOCCOCC(=O)NCCCCC(NC(=O)OCC1c2ccccc2-c2ccccc21)C(=O)O)NC(=O)OCC1c2ccccc2-c2ccccc21. The van der Waals surface area contributed by atoms with Crippen molar-refractivity contribution in [3.05, 3.63) is 119 Å². The van der Waals surface area contributed by atoms with Crippen LogP contribution in [0.1, 0.15) is 87.0 Å². The summed E-state index contributed by atoms with van der Waals surface area (Å²) in [6.45, 7) is 6.62. The van der Waals surface area contributed by atoms with Crippen molar-refractivity contribution in [2.75, 3.05) is 85.7 Å². The van der Waals surface area contributed by atoms with Gasteiger partial charge in [0.05, 0.1) is 39.6 Å². The Balaban J connectivity index is 0.717. The van der Waals surface area contributed by atoms with Gasteiger partial charge in [-0.05, 0) is 91.0 Å². The second-order valence-corrected chi connectivity index (χ2v) is 19.3. The molecule has 2 aliphatic carbocycles. The number of alkyl carbamates (subject to hydrolysis) is 2. The van der Waals surface area contributed by atoms with Gasteiger partial charge in [-0.3, -0.25) is 14.4 Å². The lowest BCUT2D eigenvalue weighted by atomic mass is 9.98. The molecule has 0 bridgehead atoms. The van der Waals surface area contributed by atoms with Crippen LogP contribution in [0.5, 0.6) is 0 Å².